The molecule has 2 rings (SSSR count). The second-order valence-corrected chi connectivity index (χ2v) is 5.98. The average molecular weight is 298 g/mol. The van der Waals surface area contributed by atoms with Crippen LogP contribution in [0.15, 0.2) is 0 Å². The number of morpholine rings is 1. The molecule has 6 heteroatoms. The largest absolute Gasteiger partial charge is 0.481 e. The Labute approximate surface area is 126 Å². The first kappa shape index (κ1) is 16.2. The molecule has 2 aliphatic heterocycles. The number of aliphatic carboxylic acids is 1. The number of nitrogens with zero attached hydrogens (tertiary/aromatic N) is 2. The van der Waals surface area contributed by atoms with Gasteiger partial charge in [-0.1, -0.05) is 12.8 Å². The van der Waals surface area contributed by atoms with E-state index < -0.39 is 5.97 Å². The van der Waals surface area contributed by atoms with Gasteiger partial charge in [0.15, 0.2) is 0 Å². The molecule has 0 bridgehead atoms. The number of carboxylic acids is 1. The van der Waals surface area contributed by atoms with E-state index in [2.05, 4.69) is 0 Å². The lowest BCUT2D eigenvalue weighted by atomic mass is 10.1. The number of carboxylic acid groups (broad SMARTS) is 1. The summed E-state index contributed by atoms with van der Waals surface area (Å²) in [4.78, 5) is 27.6. The molecule has 0 saturated carbocycles. The van der Waals surface area contributed by atoms with Gasteiger partial charge in [-0.15, -0.1) is 0 Å². The molecule has 120 valence electrons. The topological polar surface area (TPSA) is 70.1 Å². The number of ether oxygens (including phenoxy) is 1. The Bertz CT molecular complexity index is 367. The van der Waals surface area contributed by atoms with Crippen molar-refractivity contribution in [2.75, 3.05) is 32.8 Å². The highest BCUT2D eigenvalue weighted by molar-refractivity contribution is 5.81. The standard InChI is InChI=1S/C15H26N2O4/c1-12(15(20)16-6-4-2-3-5-7-16)17-8-9-21-11-13(17)10-14(18)19/h12-13H,2-11H2,1H3,(H,18,19). The minimum Gasteiger partial charge on any atom is -0.481 e. The molecule has 0 spiro atoms. The predicted octanol–water partition coefficient (Wildman–Crippen LogP) is 0.953. The van der Waals surface area contributed by atoms with E-state index in [0.717, 1.165) is 25.9 Å². The van der Waals surface area contributed by atoms with Crippen molar-refractivity contribution in [3.63, 3.8) is 0 Å². The Kier molecular flexibility index (Phi) is 5.99. The van der Waals surface area contributed by atoms with E-state index in [1.165, 1.54) is 12.8 Å². The Morgan fingerprint density at radius 1 is 1.19 bits per heavy atom. The maximum atomic E-state index is 12.7. The van der Waals surface area contributed by atoms with E-state index in [1.807, 2.05) is 16.7 Å². The molecule has 2 unspecified atom stereocenters. The third-order valence-corrected chi connectivity index (χ3v) is 4.46. The monoisotopic (exact) mass is 298 g/mol. The summed E-state index contributed by atoms with van der Waals surface area (Å²) in [7, 11) is 0. The normalized spacial score (nSPS) is 26.1. The number of carbonyl (C=O) groups excluding carboxylic acids is 1. The molecular formula is C15H26N2O4. The van der Waals surface area contributed by atoms with E-state index in [1.54, 1.807) is 0 Å². The molecule has 2 heterocycles. The van der Waals surface area contributed by atoms with Gasteiger partial charge in [0, 0.05) is 25.7 Å². The summed E-state index contributed by atoms with van der Waals surface area (Å²) >= 11 is 0. The fraction of sp³-hybridized carbons (Fsp3) is 0.867. The molecular weight excluding hydrogens is 272 g/mol. The third-order valence-electron chi connectivity index (χ3n) is 4.46. The van der Waals surface area contributed by atoms with E-state index in [4.69, 9.17) is 9.84 Å². The summed E-state index contributed by atoms with van der Waals surface area (Å²) in [6.45, 7) is 5.14. The van der Waals surface area contributed by atoms with Crippen LogP contribution >= 0.6 is 0 Å². The van der Waals surface area contributed by atoms with Crippen molar-refractivity contribution in [1.29, 1.82) is 0 Å². The molecule has 0 radical (unpaired) electrons. The van der Waals surface area contributed by atoms with Gasteiger partial charge in [-0.2, -0.15) is 0 Å². The highest BCUT2D eigenvalue weighted by Crippen LogP contribution is 2.18. The number of amides is 1. The predicted molar refractivity (Wildman–Crippen MR) is 78.1 cm³/mol. The SMILES string of the molecule is CC(C(=O)N1CCCCCC1)N1CCOCC1CC(=O)O. The van der Waals surface area contributed by atoms with Crippen molar-refractivity contribution in [2.24, 2.45) is 0 Å². The molecule has 0 aromatic heterocycles. The Morgan fingerprint density at radius 2 is 1.86 bits per heavy atom. The maximum Gasteiger partial charge on any atom is 0.305 e. The molecule has 2 fully saturated rings. The van der Waals surface area contributed by atoms with Gasteiger partial charge >= 0.3 is 5.97 Å². The second-order valence-electron chi connectivity index (χ2n) is 5.98. The van der Waals surface area contributed by atoms with E-state index in [9.17, 15) is 9.59 Å². The lowest BCUT2D eigenvalue weighted by Gasteiger charge is -2.39. The van der Waals surface area contributed by atoms with Crippen LogP contribution in [0.2, 0.25) is 0 Å². The number of carbonyl (C=O) groups is 2. The van der Waals surface area contributed by atoms with Gasteiger partial charge in [-0.25, -0.2) is 0 Å². The quantitative estimate of drug-likeness (QED) is 0.837. The van der Waals surface area contributed by atoms with Crippen molar-refractivity contribution in [3.8, 4) is 0 Å². The second kappa shape index (κ2) is 7.75. The summed E-state index contributed by atoms with van der Waals surface area (Å²) < 4.78 is 5.38. The lowest BCUT2D eigenvalue weighted by molar-refractivity contribution is -0.146. The summed E-state index contributed by atoms with van der Waals surface area (Å²) in [5, 5.41) is 9.01. The molecule has 21 heavy (non-hydrogen) atoms. The molecule has 0 aromatic carbocycles. The molecule has 0 aromatic rings. The number of hydrogen-bond acceptors (Lipinski definition) is 4. The van der Waals surface area contributed by atoms with Crippen molar-refractivity contribution < 1.29 is 19.4 Å². The van der Waals surface area contributed by atoms with Gasteiger partial charge in [0.05, 0.1) is 25.7 Å². The van der Waals surface area contributed by atoms with Gasteiger partial charge < -0.3 is 14.7 Å². The van der Waals surface area contributed by atoms with Gasteiger partial charge in [0.1, 0.15) is 0 Å². The zero-order valence-electron chi connectivity index (χ0n) is 12.8. The number of hydrogen-bond donors (Lipinski definition) is 1. The lowest BCUT2D eigenvalue weighted by Crippen LogP contribution is -2.56. The van der Waals surface area contributed by atoms with Crippen LogP contribution < -0.4 is 0 Å². The van der Waals surface area contributed by atoms with Gasteiger partial charge in [0.25, 0.3) is 0 Å². The Balaban J connectivity index is 1.99. The van der Waals surface area contributed by atoms with Crippen LogP contribution in [-0.4, -0.2) is 71.7 Å². The van der Waals surface area contributed by atoms with Crippen LogP contribution in [0.25, 0.3) is 0 Å². The van der Waals surface area contributed by atoms with Crippen LogP contribution in [-0.2, 0) is 14.3 Å². The first-order valence-corrected chi connectivity index (χ1v) is 7.93. The third kappa shape index (κ3) is 4.41. The summed E-state index contributed by atoms with van der Waals surface area (Å²) in [6.07, 6.45) is 4.55. The fourth-order valence-corrected chi connectivity index (χ4v) is 3.25. The summed E-state index contributed by atoms with van der Waals surface area (Å²) in [5.41, 5.74) is 0. The highest BCUT2D eigenvalue weighted by Gasteiger charge is 2.34. The molecule has 1 amide bonds. The van der Waals surface area contributed by atoms with Crippen molar-refractivity contribution >= 4 is 11.9 Å². The molecule has 6 nitrogen and oxygen atoms in total. The van der Waals surface area contributed by atoms with Gasteiger partial charge in [-0.3, -0.25) is 14.5 Å². The smallest absolute Gasteiger partial charge is 0.305 e. The first-order valence-electron chi connectivity index (χ1n) is 7.93. The van der Waals surface area contributed by atoms with E-state index in [-0.39, 0.29) is 24.4 Å². The fourth-order valence-electron chi connectivity index (χ4n) is 3.25. The van der Waals surface area contributed by atoms with Crippen LogP contribution in [0.4, 0.5) is 0 Å². The van der Waals surface area contributed by atoms with Crippen LogP contribution in [0, 0.1) is 0 Å². The summed E-state index contributed by atoms with van der Waals surface area (Å²) in [6, 6.07) is -0.474. The zero-order chi connectivity index (χ0) is 15.2. The van der Waals surface area contributed by atoms with Crippen molar-refractivity contribution in [3.05, 3.63) is 0 Å². The van der Waals surface area contributed by atoms with Crippen LogP contribution in [0.1, 0.15) is 39.0 Å². The zero-order valence-corrected chi connectivity index (χ0v) is 12.8. The first-order chi connectivity index (χ1) is 10.1. The van der Waals surface area contributed by atoms with E-state index >= 15 is 0 Å². The van der Waals surface area contributed by atoms with Gasteiger partial charge in [0.2, 0.25) is 5.91 Å². The van der Waals surface area contributed by atoms with Gasteiger partial charge in [-0.05, 0) is 19.8 Å². The molecule has 2 saturated heterocycles. The Hall–Kier alpha value is -1.14. The number of likely N-dealkylation sites (tertiary alicyclic amines) is 1. The van der Waals surface area contributed by atoms with E-state index in [0.29, 0.717) is 19.8 Å². The Morgan fingerprint density at radius 3 is 2.48 bits per heavy atom. The van der Waals surface area contributed by atoms with Crippen LogP contribution in [0.5, 0.6) is 0 Å². The average Bonchev–Trinajstić information content (AvgIpc) is 2.75. The number of rotatable bonds is 4. The van der Waals surface area contributed by atoms with Crippen molar-refractivity contribution in [2.45, 2.75) is 51.1 Å². The molecule has 0 aliphatic carbocycles. The summed E-state index contributed by atoms with van der Waals surface area (Å²) in [5.74, 6) is -0.709. The van der Waals surface area contributed by atoms with Crippen molar-refractivity contribution in [1.82, 2.24) is 9.80 Å². The molecule has 1 N–H and O–H groups in total. The minimum absolute atomic E-state index is 0.0254. The molecule has 2 atom stereocenters. The van der Waals surface area contributed by atoms with Crippen LogP contribution in [0.3, 0.4) is 0 Å². The molecule has 2 aliphatic rings. The maximum absolute atomic E-state index is 12.7. The highest BCUT2D eigenvalue weighted by atomic mass is 16.5. The minimum atomic E-state index is -0.843.